The Morgan fingerprint density at radius 1 is 0.912 bits per heavy atom. The molecular formula is C25H19FN2O6. The van der Waals surface area contributed by atoms with Crippen molar-refractivity contribution in [2.75, 3.05) is 14.2 Å². The molecule has 3 aromatic carbocycles. The zero-order valence-electron chi connectivity index (χ0n) is 18.2. The lowest BCUT2D eigenvalue weighted by Crippen LogP contribution is -2.14. The summed E-state index contributed by atoms with van der Waals surface area (Å²) in [5.41, 5.74) is 1.41. The Hall–Kier alpha value is -4.53. The second-order valence-electron chi connectivity index (χ2n) is 7.33. The summed E-state index contributed by atoms with van der Waals surface area (Å²) in [6.45, 7) is 0. The van der Waals surface area contributed by atoms with E-state index in [0.29, 0.717) is 22.3 Å². The van der Waals surface area contributed by atoms with E-state index in [-0.39, 0.29) is 34.4 Å². The fourth-order valence-electron chi connectivity index (χ4n) is 3.59. The van der Waals surface area contributed by atoms with E-state index >= 15 is 0 Å². The van der Waals surface area contributed by atoms with Crippen molar-refractivity contribution in [3.63, 3.8) is 0 Å². The van der Waals surface area contributed by atoms with Gasteiger partial charge >= 0.3 is 5.97 Å². The molecule has 0 aliphatic rings. The third-order valence-corrected chi connectivity index (χ3v) is 5.28. The van der Waals surface area contributed by atoms with Gasteiger partial charge in [0.25, 0.3) is 0 Å². The molecule has 0 fully saturated rings. The number of carbonyl (C=O) groups excluding carboxylic acids is 1. The molecule has 0 spiro atoms. The Morgan fingerprint density at radius 2 is 1.62 bits per heavy atom. The highest BCUT2D eigenvalue weighted by Crippen LogP contribution is 2.29. The van der Waals surface area contributed by atoms with Crippen molar-refractivity contribution in [1.82, 2.24) is 10.3 Å². The summed E-state index contributed by atoms with van der Waals surface area (Å²) in [6, 6.07) is 15.0. The second-order valence-corrected chi connectivity index (χ2v) is 7.33. The van der Waals surface area contributed by atoms with E-state index in [9.17, 15) is 19.1 Å². The van der Waals surface area contributed by atoms with Crippen LogP contribution in [0, 0.1) is 5.82 Å². The van der Waals surface area contributed by atoms with E-state index in [1.54, 1.807) is 36.4 Å². The molecule has 0 amide bonds. The number of carbonyl (C=O) groups is 2. The number of carboxylic acid groups (broad SMARTS) is 1. The first-order valence-corrected chi connectivity index (χ1v) is 10.1. The van der Waals surface area contributed by atoms with Gasteiger partial charge in [0, 0.05) is 17.6 Å². The van der Waals surface area contributed by atoms with Crippen LogP contribution >= 0.6 is 0 Å². The van der Waals surface area contributed by atoms with Crippen molar-refractivity contribution in [3.05, 3.63) is 88.7 Å². The van der Waals surface area contributed by atoms with E-state index in [1.807, 2.05) is 0 Å². The maximum absolute atomic E-state index is 14.3. The Morgan fingerprint density at radius 3 is 2.26 bits per heavy atom. The fourth-order valence-corrected chi connectivity index (χ4v) is 3.59. The third kappa shape index (κ3) is 4.49. The minimum atomic E-state index is -1.32. The largest absolute Gasteiger partial charge is 0.497 e. The van der Waals surface area contributed by atoms with Crippen LogP contribution in [-0.4, -0.2) is 41.4 Å². The van der Waals surface area contributed by atoms with Crippen LogP contribution in [0.2, 0.25) is 0 Å². The van der Waals surface area contributed by atoms with Crippen LogP contribution < -0.4 is 9.47 Å². The number of halogens is 1. The number of hydrogen-bond acceptors (Lipinski definition) is 7. The third-order valence-electron chi connectivity index (χ3n) is 5.28. The second kappa shape index (κ2) is 9.53. The van der Waals surface area contributed by atoms with E-state index < -0.39 is 17.6 Å². The van der Waals surface area contributed by atoms with Crippen LogP contribution in [0.15, 0.2) is 70.9 Å². The average Bonchev–Trinajstić information content (AvgIpc) is 3.31. The molecule has 1 N–H and O–H groups in total. The van der Waals surface area contributed by atoms with E-state index in [0.717, 1.165) is 0 Å². The molecule has 172 valence electrons. The van der Waals surface area contributed by atoms with Crippen LogP contribution in [0.25, 0.3) is 16.6 Å². The lowest BCUT2D eigenvalue weighted by Gasteiger charge is -2.14. The summed E-state index contributed by atoms with van der Waals surface area (Å²) in [5, 5.41) is 17.6. The fraction of sp³-hybridized carbons (Fsp3) is 0.120. The van der Waals surface area contributed by atoms with Gasteiger partial charge in [0.05, 0.1) is 19.8 Å². The molecule has 0 radical (unpaired) electrons. The summed E-state index contributed by atoms with van der Waals surface area (Å²) in [7, 11) is 2.84. The van der Waals surface area contributed by atoms with Gasteiger partial charge in [-0.2, -0.15) is 0 Å². The first-order valence-electron chi connectivity index (χ1n) is 10.1. The highest BCUT2D eigenvalue weighted by Gasteiger charge is 2.25. The lowest BCUT2D eigenvalue weighted by molar-refractivity contribution is -0.130. The number of aromatic nitrogens is 2. The standard InChI is InChI=1S/C25H19FN2O6/c1-32-17-7-4-15(5-8-17)24(29)18(11-14-3-10-22(33-2)19(26)12-14)23(25(30)31)16-6-9-20-21(13-16)28-34-27-20/h3-10,12-13H,11H2,1-2H3,(H,30,31). The molecular weight excluding hydrogens is 443 g/mol. The molecule has 0 unspecified atom stereocenters. The summed E-state index contributed by atoms with van der Waals surface area (Å²) < 4.78 is 29.1. The summed E-state index contributed by atoms with van der Waals surface area (Å²) in [6.07, 6.45) is -0.136. The van der Waals surface area contributed by atoms with Gasteiger partial charge in [0.2, 0.25) is 0 Å². The molecule has 34 heavy (non-hydrogen) atoms. The lowest BCUT2D eigenvalue weighted by atomic mass is 9.89. The monoisotopic (exact) mass is 462 g/mol. The van der Waals surface area contributed by atoms with Crippen LogP contribution in [0.1, 0.15) is 21.5 Å². The SMILES string of the molecule is COc1ccc(C(=O)C(Cc2ccc(OC)c(F)c2)=C(C(=O)O)c2ccc3nonc3c2)cc1. The number of methoxy groups -OCH3 is 2. The Balaban J connectivity index is 1.89. The van der Waals surface area contributed by atoms with Crippen LogP contribution in [0.5, 0.6) is 11.5 Å². The average molecular weight is 462 g/mol. The first-order chi connectivity index (χ1) is 16.4. The number of ketones is 1. The predicted molar refractivity (Wildman–Crippen MR) is 120 cm³/mol. The Kier molecular flexibility index (Phi) is 6.35. The van der Waals surface area contributed by atoms with E-state index in [1.165, 1.54) is 38.5 Å². The number of nitrogens with zero attached hydrogens (tertiary/aromatic N) is 2. The first kappa shape index (κ1) is 22.7. The van der Waals surface area contributed by atoms with Gasteiger partial charge in [0.15, 0.2) is 17.3 Å². The van der Waals surface area contributed by atoms with Crippen LogP contribution in [0.4, 0.5) is 4.39 Å². The van der Waals surface area contributed by atoms with E-state index in [4.69, 9.17) is 14.1 Å². The smallest absolute Gasteiger partial charge is 0.336 e. The molecule has 8 nitrogen and oxygen atoms in total. The minimum Gasteiger partial charge on any atom is -0.497 e. The molecule has 1 aromatic heterocycles. The van der Waals surface area contributed by atoms with Gasteiger partial charge in [-0.25, -0.2) is 13.8 Å². The molecule has 4 rings (SSSR count). The van der Waals surface area contributed by atoms with Gasteiger partial charge < -0.3 is 14.6 Å². The predicted octanol–water partition coefficient (Wildman–Crippen LogP) is 4.34. The van der Waals surface area contributed by atoms with Gasteiger partial charge in [-0.3, -0.25) is 4.79 Å². The molecule has 0 saturated carbocycles. The van der Waals surface area contributed by atoms with Crippen LogP contribution in [-0.2, 0) is 11.2 Å². The zero-order chi connectivity index (χ0) is 24.2. The van der Waals surface area contributed by atoms with Gasteiger partial charge in [0.1, 0.15) is 16.8 Å². The maximum atomic E-state index is 14.3. The van der Waals surface area contributed by atoms with Gasteiger partial charge in [-0.05, 0) is 70.0 Å². The number of allylic oxidation sites excluding steroid dienone is 1. The number of Topliss-reactive ketones (excluding diaryl/α,β-unsaturated/α-hetero) is 1. The number of hydrogen-bond donors (Lipinski definition) is 1. The van der Waals surface area contributed by atoms with Crippen molar-refractivity contribution in [3.8, 4) is 11.5 Å². The van der Waals surface area contributed by atoms with Crippen molar-refractivity contribution in [1.29, 1.82) is 0 Å². The normalized spacial score (nSPS) is 11.7. The zero-order valence-corrected chi connectivity index (χ0v) is 18.2. The van der Waals surface area contributed by atoms with Crippen molar-refractivity contribution >= 4 is 28.4 Å². The molecule has 0 aliphatic heterocycles. The number of carboxylic acids is 1. The Labute approximate surface area is 193 Å². The van der Waals surface area contributed by atoms with Crippen molar-refractivity contribution in [2.45, 2.75) is 6.42 Å². The van der Waals surface area contributed by atoms with Crippen molar-refractivity contribution < 1.29 is 33.2 Å². The number of rotatable bonds is 8. The minimum absolute atomic E-state index is 0.0296. The van der Waals surface area contributed by atoms with Gasteiger partial charge in [-0.1, -0.05) is 12.1 Å². The maximum Gasteiger partial charge on any atom is 0.336 e. The highest BCUT2D eigenvalue weighted by molar-refractivity contribution is 6.26. The topological polar surface area (TPSA) is 112 Å². The van der Waals surface area contributed by atoms with Crippen LogP contribution in [0.3, 0.4) is 0 Å². The Bertz CT molecular complexity index is 1410. The number of ether oxygens (including phenoxy) is 2. The van der Waals surface area contributed by atoms with Gasteiger partial charge in [-0.15, -0.1) is 0 Å². The summed E-state index contributed by atoms with van der Waals surface area (Å²) in [4.78, 5) is 26.0. The number of fused-ring (bicyclic) bond motifs is 1. The van der Waals surface area contributed by atoms with E-state index in [2.05, 4.69) is 10.3 Å². The number of aliphatic carboxylic acids is 1. The molecule has 0 saturated heterocycles. The molecule has 1 heterocycles. The molecule has 0 bridgehead atoms. The summed E-state index contributed by atoms with van der Waals surface area (Å²) >= 11 is 0. The molecule has 0 atom stereocenters. The van der Waals surface area contributed by atoms with Crippen molar-refractivity contribution in [2.24, 2.45) is 0 Å². The molecule has 9 heteroatoms. The quantitative estimate of drug-likeness (QED) is 0.304. The summed E-state index contributed by atoms with van der Waals surface area (Å²) in [5.74, 6) is -1.88. The highest BCUT2D eigenvalue weighted by atomic mass is 19.1. The number of benzene rings is 3. The molecule has 4 aromatic rings. The molecule has 0 aliphatic carbocycles.